The second kappa shape index (κ2) is 6.94. The van der Waals surface area contributed by atoms with Crippen LogP contribution in [-0.4, -0.2) is 17.5 Å². The predicted octanol–water partition coefficient (Wildman–Crippen LogP) is 4.87. The van der Waals surface area contributed by atoms with Gasteiger partial charge in [0.15, 0.2) is 5.75 Å². The number of rotatable bonds is 5. The highest BCUT2D eigenvalue weighted by molar-refractivity contribution is 7.99. The first-order valence-corrected chi connectivity index (χ1v) is 7.39. The molecule has 0 amide bonds. The summed E-state index contributed by atoms with van der Waals surface area (Å²) in [6.07, 6.45) is 0. The van der Waals surface area contributed by atoms with Crippen molar-refractivity contribution in [3.8, 4) is 11.5 Å². The number of halogens is 2. The summed E-state index contributed by atoms with van der Waals surface area (Å²) in [6, 6.07) is 12.9. The fourth-order valence-corrected chi connectivity index (χ4v) is 2.84. The van der Waals surface area contributed by atoms with Crippen LogP contribution in [-0.2, 0) is 0 Å². The molecule has 0 saturated carbocycles. The van der Waals surface area contributed by atoms with Crippen LogP contribution in [0.1, 0.15) is 0 Å². The van der Waals surface area contributed by atoms with Gasteiger partial charge in [-0.1, -0.05) is 41.4 Å². The Hall–Kier alpha value is -1.03. The van der Waals surface area contributed by atoms with E-state index in [0.717, 1.165) is 5.75 Å². The second-order valence-corrected chi connectivity index (χ2v) is 5.73. The summed E-state index contributed by atoms with van der Waals surface area (Å²) >= 11 is 13.6. The molecule has 0 aromatic heterocycles. The number of thioether (sulfide) groups is 1. The van der Waals surface area contributed by atoms with Gasteiger partial charge in [0.1, 0.15) is 5.75 Å². The number of benzene rings is 2. The highest BCUT2D eigenvalue weighted by atomic mass is 35.5. The minimum atomic E-state index is 0.0287. The van der Waals surface area contributed by atoms with Crippen molar-refractivity contribution in [2.75, 3.05) is 12.4 Å². The van der Waals surface area contributed by atoms with Crippen molar-refractivity contribution in [1.29, 1.82) is 0 Å². The van der Waals surface area contributed by atoms with Gasteiger partial charge in [-0.25, -0.2) is 0 Å². The molecule has 0 radical (unpaired) electrons. The number of aromatic hydroxyl groups is 1. The molecule has 0 aliphatic carbocycles. The van der Waals surface area contributed by atoms with Crippen molar-refractivity contribution in [3.05, 3.63) is 52.5 Å². The van der Waals surface area contributed by atoms with E-state index in [1.807, 2.05) is 30.3 Å². The SMILES string of the molecule is Oc1cc(Cl)c(OCCSc2ccccc2)c(Cl)c1. The maximum atomic E-state index is 9.31. The lowest BCUT2D eigenvalue weighted by atomic mass is 10.3. The van der Waals surface area contributed by atoms with Gasteiger partial charge in [0, 0.05) is 22.8 Å². The van der Waals surface area contributed by atoms with Gasteiger partial charge in [-0.05, 0) is 12.1 Å². The Bertz CT molecular complexity index is 523. The minimum Gasteiger partial charge on any atom is -0.508 e. The van der Waals surface area contributed by atoms with E-state index in [1.54, 1.807) is 11.8 Å². The van der Waals surface area contributed by atoms with Gasteiger partial charge in [-0.2, -0.15) is 0 Å². The molecule has 1 N–H and O–H groups in total. The van der Waals surface area contributed by atoms with Crippen LogP contribution < -0.4 is 4.74 Å². The Morgan fingerprint density at radius 3 is 2.32 bits per heavy atom. The molecule has 5 heteroatoms. The standard InChI is InChI=1S/C14H12Cl2O2S/c15-12-8-10(17)9-13(16)14(12)18-6-7-19-11-4-2-1-3-5-11/h1-5,8-9,17H,6-7H2. The van der Waals surface area contributed by atoms with E-state index in [-0.39, 0.29) is 5.75 Å². The van der Waals surface area contributed by atoms with Gasteiger partial charge < -0.3 is 9.84 Å². The van der Waals surface area contributed by atoms with Crippen LogP contribution >= 0.6 is 35.0 Å². The largest absolute Gasteiger partial charge is 0.508 e. The third-order valence-electron chi connectivity index (χ3n) is 2.32. The summed E-state index contributed by atoms with van der Waals surface area (Å²) in [5, 5.41) is 9.94. The second-order valence-electron chi connectivity index (χ2n) is 3.75. The third kappa shape index (κ3) is 4.23. The fourth-order valence-electron chi connectivity index (χ4n) is 1.50. The summed E-state index contributed by atoms with van der Waals surface area (Å²) in [7, 11) is 0. The van der Waals surface area contributed by atoms with Crippen LogP contribution in [0.15, 0.2) is 47.4 Å². The van der Waals surface area contributed by atoms with Crippen molar-refractivity contribution in [2.24, 2.45) is 0 Å². The molecule has 0 spiro atoms. The van der Waals surface area contributed by atoms with Gasteiger partial charge in [0.25, 0.3) is 0 Å². The normalized spacial score (nSPS) is 10.4. The lowest BCUT2D eigenvalue weighted by Crippen LogP contribution is -2.01. The molecule has 0 bridgehead atoms. The monoisotopic (exact) mass is 314 g/mol. The van der Waals surface area contributed by atoms with Gasteiger partial charge >= 0.3 is 0 Å². The third-order valence-corrected chi connectivity index (χ3v) is 3.86. The molecule has 2 rings (SSSR count). The average molecular weight is 315 g/mol. The first-order valence-electron chi connectivity index (χ1n) is 5.65. The maximum absolute atomic E-state index is 9.31. The summed E-state index contributed by atoms with van der Waals surface area (Å²) in [6.45, 7) is 0.490. The summed E-state index contributed by atoms with van der Waals surface area (Å²) < 4.78 is 5.55. The Balaban J connectivity index is 1.86. The highest BCUT2D eigenvalue weighted by Crippen LogP contribution is 2.36. The quantitative estimate of drug-likeness (QED) is 0.630. The lowest BCUT2D eigenvalue weighted by Gasteiger charge is -2.10. The molecule has 2 aromatic rings. The van der Waals surface area contributed by atoms with E-state index in [1.165, 1.54) is 17.0 Å². The predicted molar refractivity (Wildman–Crippen MR) is 80.8 cm³/mol. The van der Waals surface area contributed by atoms with Crippen LogP contribution in [0.4, 0.5) is 0 Å². The zero-order valence-corrected chi connectivity index (χ0v) is 12.3. The summed E-state index contributed by atoms with van der Waals surface area (Å²) in [4.78, 5) is 1.19. The molecule has 19 heavy (non-hydrogen) atoms. The van der Waals surface area contributed by atoms with Crippen molar-refractivity contribution >= 4 is 35.0 Å². The molecule has 0 unspecified atom stereocenters. The van der Waals surface area contributed by atoms with Crippen molar-refractivity contribution in [2.45, 2.75) is 4.90 Å². The zero-order chi connectivity index (χ0) is 13.7. The first kappa shape index (κ1) is 14.4. The first-order chi connectivity index (χ1) is 9.16. The highest BCUT2D eigenvalue weighted by Gasteiger charge is 2.09. The van der Waals surface area contributed by atoms with E-state index >= 15 is 0 Å². The molecule has 0 aliphatic heterocycles. The van der Waals surface area contributed by atoms with Crippen LogP contribution in [0.2, 0.25) is 10.0 Å². The number of phenols is 1. The number of hydrogen-bond donors (Lipinski definition) is 1. The van der Waals surface area contributed by atoms with Gasteiger partial charge in [-0.3, -0.25) is 0 Å². The van der Waals surface area contributed by atoms with E-state index in [4.69, 9.17) is 27.9 Å². The Kier molecular flexibility index (Phi) is 5.25. The smallest absolute Gasteiger partial charge is 0.156 e. The van der Waals surface area contributed by atoms with E-state index in [0.29, 0.717) is 22.4 Å². The molecular weight excluding hydrogens is 303 g/mol. The van der Waals surface area contributed by atoms with Gasteiger partial charge in [0.05, 0.1) is 16.7 Å². The summed E-state index contributed by atoms with van der Waals surface area (Å²) in [5.41, 5.74) is 0. The van der Waals surface area contributed by atoms with Crippen molar-refractivity contribution < 1.29 is 9.84 Å². The maximum Gasteiger partial charge on any atom is 0.156 e. The molecule has 100 valence electrons. The van der Waals surface area contributed by atoms with E-state index in [9.17, 15) is 5.11 Å². The van der Waals surface area contributed by atoms with E-state index in [2.05, 4.69) is 0 Å². The van der Waals surface area contributed by atoms with Crippen LogP contribution in [0.5, 0.6) is 11.5 Å². The lowest BCUT2D eigenvalue weighted by molar-refractivity contribution is 0.343. The summed E-state index contributed by atoms with van der Waals surface area (Å²) in [5.74, 6) is 1.23. The topological polar surface area (TPSA) is 29.5 Å². The Morgan fingerprint density at radius 2 is 1.68 bits per heavy atom. The molecule has 0 fully saturated rings. The average Bonchev–Trinajstić information content (AvgIpc) is 2.38. The number of phenolic OH excluding ortho intramolecular Hbond substituents is 1. The fraction of sp³-hybridized carbons (Fsp3) is 0.143. The minimum absolute atomic E-state index is 0.0287. The Labute approximate surface area is 126 Å². The molecular formula is C14H12Cl2O2S. The number of ether oxygens (including phenoxy) is 1. The Morgan fingerprint density at radius 1 is 1.05 bits per heavy atom. The molecule has 2 nitrogen and oxygen atoms in total. The molecule has 0 saturated heterocycles. The van der Waals surface area contributed by atoms with E-state index < -0.39 is 0 Å². The van der Waals surface area contributed by atoms with Gasteiger partial charge in [-0.15, -0.1) is 11.8 Å². The molecule has 0 atom stereocenters. The molecule has 0 heterocycles. The van der Waals surface area contributed by atoms with Crippen LogP contribution in [0.25, 0.3) is 0 Å². The van der Waals surface area contributed by atoms with Gasteiger partial charge in [0.2, 0.25) is 0 Å². The zero-order valence-electron chi connectivity index (χ0n) is 9.98. The van der Waals surface area contributed by atoms with Crippen LogP contribution in [0.3, 0.4) is 0 Å². The van der Waals surface area contributed by atoms with Crippen molar-refractivity contribution in [1.82, 2.24) is 0 Å². The number of hydrogen-bond acceptors (Lipinski definition) is 3. The molecule has 2 aromatic carbocycles. The van der Waals surface area contributed by atoms with Crippen molar-refractivity contribution in [3.63, 3.8) is 0 Å². The molecule has 0 aliphatic rings. The van der Waals surface area contributed by atoms with Crippen LogP contribution in [0, 0.1) is 0 Å².